The molecule has 1 fully saturated rings. The Balaban J connectivity index is 2.16. The maximum Gasteiger partial charge on any atom is 0.273 e. The molecule has 0 N–H and O–H groups in total. The topological polar surface area (TPSA) is 46.4 Å². The van der Waals surface area contributed by atoms with Crippen molar-refractivity contribution in [2.45, 2.75) is 50.9 Å². The number of hydrogen-bond donors (Lipinski definition) is 0. The molecule has 0 unspecified atom stereocenters. The lowest BCUT2D eigenvalue weighted by Crippen LogP contribution is -2.37. The van der Waals surface area contributed by atoms with Gasteiger partial charge in [0.15, 0.2) is 0 Å². The molecule has 1 aliphatic carbocycles. The molecule has 0 bridgehead atoms. The van der Waals surface area contributed by atoms with E-state index >= 15 is 0 Å². The lowest BCUT2D eigenvalue weighted by Gasteiger charge is -2.39. The summed E-state index contributed by atoms with van der Waals surface area (Å²) in [6, 6.07) is 5.95. The van der Waals surface area contributed by atoms with Crippen molar-refractivity contribution in [1.29, 1.82) is 0 Å². The Labute approximate surface area is 134 Å². The van der Waals surface area contributed by atoms with Gasteiger partial charge in [-0.25, -0.2) is 0 Å². The number of nitro benzene ring substituents is 1. The smallest absolute Gasteiger partial charge is 0.273 e. The maximum atomic E-state index is 11.0. The lowest BCUT2D eigenvalue weighted by molar-refractivity contribution is -0.385. The highest BCUT2D eigenvalue weighted by atomic mass is 79.9. The van der Waals surface area contributed by atoms with E-state index in [0.29, 0.717) is 16.8 Å². The molecule has 0 radical (unpaired) electrons. The number of hydrogen-bond acceptors (Lipinski definition) is 3. The average Bonchev–Trinajstić information content (AvgIpc) is 2.45. The average molecular weight is 355 g/mol. The number of nitrogens with zero attached hydrogens (tertiary/aromatic N) is 2. The van der Waals surface area contributed by atoms with Gasteiger partial charge in [0.1, 0.15) is 0 Å². The van der Waals surface area contributed by atoms with Crippen molar-refractivity contribution in [2.75, 3.05) is 11.9 Å². The third-order valence-corrected chi connectivity index (χ3v) is 5.27. The van der Waals surface area contributed by atoms with Crippen LogP contribution in [0.25, 0.3) is 0 Å². The fraction of sp³-hybridized carbons (Fsp3) is 0.625. The minimum atomic E-state index is -0.316. The summed E-state index contributed by atoms with van der Waals surface area (Å²) in [6.45, 7) is 4.66. The van der Waals surface area contributed by atoms with Gasteiger partial charge >= 0.3 is 0 Å². The molecule has 0 spiro atoms. The number of anilines is 1. The first-order valence-corrected chi connectivity index (χ1v) is 8.52. The molecule has 0 aromatic heterocycles. The number of nitro groups is 1. The van der Waals surface area contributed by atoms with E-state index in [0.717, 1.165) is 11.3 Å². The second-order valence-corrected chi connectivity index (χ2v) is 7.27. The summed E-state index contributed by atoms with van der Waals surface area (Å²) in [6.07, 6.45) is 4.84. The Morgan fingerprint density at radius 1 is 1.38 bits per heavy atom. The van der Waals surface area contributed by atoms with Crippen molar-refractivity contribution in [3.63, 3.8) is 0 Å². The summed E-state index contributed by atoms with van der Waals surface area (Å²) in [5, 5.41) is 11.5. The molecule has 116 valence electrons. The maximum absolute atomic E-state index is 11.0. The quantitative estimate of drug-likeness (QED) is 0.439. The highest BCUT2D eigenvalue weighted by molar-refractivity contribution is 9.08. The zero-order valence-electron chi connectivity index (χ0n) is 12.9. The first kappa shape index (κ1) is 16.3. The van der Waals surface area contributed by atoms with Gasteiger partial charge in [0.2, 0.25) is 0 Å². The van der Waals surface area contributed by atoms with E-state index in [1.165, 1.54) is 25.7 Å². The highest BCUT2D eigenvalue weighted by Crippen LogP contribution is 2.38. The molecule has 1 aliphatic rings. The van der Waals surface area contributed by atoms with Crippen molar-refractivity contribution in [2.24, 2.45) is 5.41 Å². The SMILES string of the molecule is CN(c1ccc([N+](=O)[O-])c(CBr)c1)C1CCC(C)(C)CC1. The van der Waals surface area contributed by atoms with Crippen LogP contribution in [0, 0.1) is 15.5 Å². The number of halogens is 1. The summed E-state index contributed by atoms with van der Waals surface area (Å²) in [5.41, 5.74) is 2.45. The summed E-state index contributed by atoms with van der Waals surface area (Å²) >= 11 is 3.35. The normalized spacial score (nSPS) is 18.5. The van der Waals surface area contributed by atoms with Crippen molar-refractivity contribution >= 4 is 27.3 Å². The molecule has 1 aromatic carbocycles. The largest absolute Gasteiger partial charge is 0.372 e. The van der Waals surface area contributed by atoms with Crippen LogP contribution in [0.1, 0.15) is 45.1 Å². The van der Waals surface area contributed by atoms with E-state index in [4.69, 9.17) is 0 Å². The predicted molar refractivity (Wildman–Crippen MR) is 90.2 cm³/mol. The second-order valence-electron chi connectivity index (χ2n) is 6.71. The molecule has 0 saturated heterocycles. The standard InChI is InChI=1S/C16H23BrN2O2/c1-16(2)8-6-13(7-9-16)18(3)14-4-5-15(19(20)21)12(10-14)11-17/h4-5,10,13H,6-9,11H2,1-3H3. The summed E-state index contributed by atoms with van der Waals surface area (Å²) in [5.74, 6) is 0. The predicted octanol–water partition coefficient (Wildman–Crippen LogP) is 4.89. The van der Waals surface area contributed by atoms with Crippen LogP contribution in [0.2, 0.25) is 0 Å². The molecule has 21 heavy (non-hydrogen) atoms. The van der Waals surface area contributed by atoms with Gasteiger partial charge in [0.25, 0.3) is 5.69 Å². The zero-order valence-corrected chi connectivity index (χ0v) is 14.5. The molecule has 5 heteroatoms. The van der Waals surface area contributed by atoms with Gasteiger partial charge in [-0.15, -0.1) is 0 Å². The zero-order chi connectivity index (χ0) is 15.6. The summed E-state index contributed by atoms with van der Waals surface area (Å²) in [4.78, 5) is 13.0. The first-order chi connectivity index (χ1) is 9.84. The van der Waals surface area contributed by atoms with Crippen LogP contribution in [0.5, 0.6) is 0 Å². The van der Waals surface area contributed by atoms with Crippen LogP contribution in [0.3, 0.4) is 0 Å². The third-order valence-electron chi connectivity index (χ3n) is 4.67. The number of benzene rings is 1. The highest BCUT2D eigenvalue weighted by Gasteiger charge is 2.29. The number of rotatable bonds is 4. The monoisotopic (exact) mass is 354 g/mol. The van der Waals surface area contributed by atoms with Gasteiger partial charge in [-0.3, -0.25) is 10.1 Å². The van der Waals surface area contributed by atoms with E-state index < -0.39 is 0 Å². The van der Waals surface area contributed by atoms with E-state index in [9.17, 15) is 10.1 Å². The van der Waals surface area contributed by atoms with Crippen LogP contribution in [0.15, 0.2) is 18.2 Å². The minimum Gasteiger partial charge on any atom is -0.372 e. The Kier molecular flexibility index (Phi) is 4.91. The summed E-state index contributed by atoms with van der Waals surface area (Å²) < 4.78 is 0. The Morgan fingerprint density at radius 2 is 2.00 bits per heavy atom. The van der Waals surface area contributed by atoms with E-state index in [1.54, 1.807) is 6.07 Å². The van der Waals surface area contributed by atoms with E-state index in [1.807, 2.05) is 12.1 Å². The van der Waals surface area contributed by atoms with Crippen LogP contribution in [0.4, 0.5) is 11.4 Å². The van der Waals surface area contributed by atoms with E-state index in [2.05, 4.69) is 41.7 Å². The van der Waals surface area contributed by atoms with Crippen LogP contribution in [-0.4, -0.2) is 18.0 Å². The fourth-order valence-electron chi connectivity index (χ4n) is 3.06. The molecular weight excluding hydrogens is 332 g/mol. The molecule has 0 aliphatic heterocycles. The van der Waals surface area contributed by atoms with Gasteiger partial charge in [-0.1, -0.05) is 29.8 Å². The van der Waals surface area contributed by atoms with Crippen LogP contribution >= 0.6 is 15.9 Å². The molecular formula is C16H23BrN2O2. The molecule has 2 rings (SSSR count). The molecule has 0 amide bonds. The van der Waals surface area contributed by atoms with Gasteiger partial charge in [-0.2, -0.15) is 0 Å². The van der Waals surface area contributed by atoms with Crippen molar-refractivity contribution in [3.8, 4) is 0 Å². The number of alkyl halides is 1. The van der Waals surface area contributed by atoms with Crippen molar-refractivity contribution < 1.29 is 4.92 Å². The molecule has 4 nitrogen and oxygen atoms in total. The van der Waals surface area contributed by atoms with Crippen molar-refractivity contribution in [1.82, 2.24) is 0 Å². The van der Waals surface area contributed by atoms with Crippen LogP contribution in [-0.2, 0) is 5.33 Å². The molecule has 1 saturated carbocycles. The third kappa shape index (κ3) is 3.76. The van der Waals surface area contributed by atoms with Gasteiger partial charge in [-0.05, 0) is 43.2 Å². The molecule has 1 aromatic rings. The first-order valence-electron chi connectivity index (χ1n) is 7.40. The summed E-state index contributed by atoms with van der Waals surface area (Å²) in [7, 11) is 2.10. The van der Waals surface area contributed by atoms with Gasteiger partial charge in [0.05, 0.1) is 4.92 Å². The Bertz CT molecular complexity index is 521. The van der Waals surface area contributed by atoms with Crippen molar-refractivity contribution in [3.05, 3.63) is 33.9 Å². The van der Waals surface area contributed by atoms with E-state index in [-0.39, 0.29) is 10.6 Å². The fourth-order valence-corrected chi connectivity index (χ4v) is 3.51. The minimum absolute atomic E-state index is 0.189. The molecule has 0 atom stereocenters. The molecule has 0 heterocycles. The lowest BCUT2D eigenvalue weighted by atomic mass is 9.75. The Hall–Kier alpha value is -1.10. The second kappa shape index (κ2) is 6.34. The Morgan fingerprint density at radius 3 is 2.52 bits per heavy atom. The van der Waals surface area contributed by atoms with Gasteiger partial charge < -0.3 is 4.90 Å². The van der Waals surface area contributed by atoms with Crippen LogP contribution < -0.4 is 4.90 Å². The van der Waals surface area contributed by atoms with Gasteiger partial charge in [0, 0.05) is 35.7 Å².